The smallest absolute Gasteiger partial charge is 0.113 e. The highest BCUT2D eigenvalue weighted by molar-refractivity contribution is 5.26. The van der Waals surface area contributed by atoms with Gasteiger partial charge in [-0.15, -0.1) is 0 Å². The molecule has 0 bridgehead atoms. The zero-order chi connectivity index (χ0) is 15.4. The second-order valence-corrected chi connectivity index (χ2v) is 5.54. The molecule has 1 heterocycles. The van der Waals surface area contributed by atoms with Gasteiger partial charge in [0, 0.05) is 0 Å². The molecule has 112 valence electrons. The molecule has 0 aromatic heterocycles. The van der Waals surface area contributed by atoms with Gasteiger partial charge >= 0.3 is 0 Å². The Balaban J connectivity index is 1.94. The van der Waals surface area contributed by atoms with Crippen LogP contribution < -0.4 is 0 Å². The lowest BCUT2D eigenvalue weighted by Gasteiger charge is -2.40. The number of rotatable bonds is 3. The maximum absolute atomic E-state index is 8.99. The van der Waals surface area contributed by atoms with E-state index in [9.17, 15) is 0 Å². The van der Waals surface area contributed by atoms with Crippen molar-refractivity contribution in [2.24, 2.45) is 0 Å². The molecule has 1 aliphatic heterocycles. The summed E-state index contributed by atoms with van der Waals surface area (Å²) in [6.45, 7) is 1.97. The summed E-state index contributed by atoms with van der Waals surface area (Å²) in [5.41, 5.74) is 2.17. The first-order valence-corrected chi connectivity index (χ1v) is 7.57. The molecule has 0 unspecified atom stereocenters. The summed E-state index contributed by atoms with van der Waals surface area (Å²) in [7, 11) is 0. The Kier molecular flexibility index (Phi) is 4.53. The molecule has 0 spiro atoms. The summed E-state index contributed by atoms with van der Waals surface area (Å²) < 4.78 is 12.5. The fraction of sp³-hybridized carbons (Fsp3) is 0.316. The van der Waals surface area contributed by atoms with Crippen molar-refractivity contribution in [3.05, 3.63) is 71.8 Å². The maximum Gasteiger partial charge on any atom is 0.113 e. The molecule has 3 nitrogen and oxygen atoms in total. The molecule has 3 rings (SSSR count). The highest BCUT2D eigenvalue weighted by Gasteiger charge is 2.38. The van der Waals surface area contributed by atoms with Gasteiger partial charge in [-0.3, -0.25) is 0 Å². The zero-order valence-electron chi connectivity index (χ0n) is 12.6. The first-order valence-electron chi connectivity index (χ1n) is 7.57. The highest BCUT2D eigenvalue weighted by atomic mass is 16.6. The third-order valence-electron chi connectivity index (χ3n) is 4.03. The minimum Gasteiger partial charge on any atom is -0.365 e. The van der Waals surface area contributed by atoms with Crippen molar-refractivity contribution in [1.82, 2.24) is 0 Å². The zero-order valence-corrected chi connectivity index (χ0v) is 12.6. The van der Waals surface area contributed by atoms with E-state index >= 15 is 0 Å². The van der Waals surface area contributed by atoms with Gasteiger partial charge < -0.3 is 9.47 Å². The van der Waals surface area contributed by atoms with Gasteiger partial charge in [-0.1, -0.05) is 60.7 Å². The molecular weight excluding hydrogens is 274 g/mol. The summed E-state index contributed by atoms with van der Waals surface area (Å²) in [6.07, 6.45) is -0.321. The number of hydrogen-bond acceptors (Lipinski definition) is 3. The molecule has 1 aliphatic rings. The van der Waals surface area contributed by atoms with E-state index in [4.69, 9.17) is 14.7 Å². The Hall–Kier alpha value is -2.15. The van der Waals surface area contributed by atoms with Crippen LogP contribution in [0.15, 0.2) is 60.7 Å². The molecule has 0 saturated carbocycles. The fourth-order valence-corrected chi connectivity index (χ4v) is 2.86. The van der Waals surface area contributed by atoms with Gasteiger partial charge in [0.1, 0.15) is 12.2 Å². The lowest BCUT2D eigenvalue weighted by Crippen LogP contribution is -2.39. The number of ether oxygens (including phenoxy) is 2. The number of hydrogen-bond donors (Lipinski definition) is 0. The third-order valence-corrected chi connectivity index (χ3v) is 4.03. The second kappa shape index (κ2) is 6.74. The van der Waals surface area contributed by atoms with Gasteiger partial charge in [0.25, 0.3) is 0 Å². The van der Waals surface area contributed by atoms with Crippen molar-refractivity contribution in [2.45, 2.75) is 37.8 Å². The first-order chi connectivity index (χ1) is 10.8. The van der Waals surface area contributed by atoms with Crippen molar-refractivity contribution in [3.63, 3.8) is 0 Å². The lowest BCUT2D eigenvalue weighted by molar-refractivity contribution is -0.219. The van der Waals surface area contributed by atoms with Crippen LogP contribution in [-0.2, 0) is 9.47 Å². The van der Waals surface area contributed by atoms with Crippen LogP contribution in [0.4, 0.5) is 0 Å². The summed E-state index contributed by atoms with van der Waals surface area (Å²) in [6, 6.07) is 22.4. The topological polar surface area (TPSA) is 42.2 Å². The SMILES string of the molecule is C[C@H]1O[C@H](c2ccccc2)[C@@H](c2ccccc2)O[C@H]1CC#N. The third kappa shape index (κ3) is 3.04. The van der Waals surface area contributed by atoms with E-state index in [2.05, 4.69) is 18.2 Å². The Morgan fingerprint density at radius 1 is 0.864 bits per heavy atom. The molecule has 0 aliphatic carbocycles. The average Bonchev–Trinajstić information content (AvgIpc) is 2.58. The number of benzene rings is 2. The Morgan fingerprint density at radius 2 is 1.36 bits per heavy atom. The Morgan fingerprint density at radius 3 is 1.86 bits per heavy atom. The normalized spacial score (nSPS) is 28.0. The quantitative estimate of drug-likeness (QED) is 0.852. The van der Waals surface area contributed by atoms with Crippen molar-refractivity contribution < 1.29 is 9.47 Å². The largest absolute Gasteiger partial charge is 0.365 e. The van der Waals surface area contributed by atoms with Gasteiger partial charge in [-0.2, -0.15) is 5.26 Å². The van der Waals surface area contributed by atoms with Crippen molar-refractivity contribution >= 4 is 0 Å². The van der Waals surface area contributed by atoms with Crippen molar-refractivity contribution in [1.29, 1.82) is 5.26 Å². The van der Waals surface area contributed by atoms with Crippen LogP contribution in [0.2, 0.25) is 0 Å². The van der Waals surface area contributed by atoms with Gasteiger partial charge in [0.15, 0.2) is 0 Å². The van der Waals surface area contributed by atoms with E-state index < -0.39 is 0 Å². The standard InChI is InChI=1S/C19H19NO2/c1-14-17(12-13-20)22-19(16-10-6-3-7-11-16)18(21-14)15-8-4-2-5-9-15/h2-11,14,17-19H,12H2,1H3/t14-,17+,18-,19-/m1/s1. The summed E-state index contributed by atoms with van der Waals surface area (Å²) in [4.78, 5) is 0. The van der Waals surface area contributed by atoms with E-state index in [0.29, 0.717) is 6.42 Å². The average molecular weight is 293 g/mol. The van der Waals surface area contributed by atoms with Crippen molar-refractivity contribution in [2.75, 3.05) is 0 Å². The molecule has 22 heavy (non-hydrogen) atoms. The van der Waals surface area contributed by atoms with Crippen LogP contribution in [0, 0.1) is 11.3 Å². The molecule has 2 aromatic rings. The molecule has 0 N–H and O–H groups in total. The maximum atomic E-state index is 8.99. The Bertz CT molecular complexity index is 635. The van der Waals surface area contributed by atoms with E-state index in [1.807, 2.05) is 55.5 Å². The second-order valence-electron chi connectivity index (χ2n) is 5.54. The molecule has 0 amide bonds. The summed E-state index contributed by atoms with van der Waals surface area (Å²) in [5, 5.41) is 8.99. The van der Waals surface area contributed by atoms with Crippen LogP contribution in [0.1, 0.15) is 36.7 Å². The molecular formula is C19H19NO2. The van der Waals surface area contributed by atoms with Crippen molar-refractivity contribution in [3.8, 4) is 6.07 Å². The molecule has 1 saturated heterocycles. The van der Waals surface area contributed by atoms with Crippen LogP contribution in [0.5, 0.6) is 0 Å². The van der Waals surface area contributed by atoms with Crippen LogP contribution in [0.25, 0.3) is 0 Å². The molecule has 2 aromatic carbocycles. The summed E-state index contributed by atoms with van der Waals surface area (Å²) >= 11 is 0. The number of nitrogens with zero attached hydrogens (tertiary/aromatic N) is 1. The van der Waals surface area contributed by atoms with E-state index in [1.54, 1.807) is 0 Å². The first kappa shape index (κ1) is 14.8. The molecule has 3 heteroatoms. The monoisotopic (exact) mass is 293 g/mol. The van der Waals surface area contributed by atoms with Crippen LogP contribution in [-0.4, -0.2) is 12.2 Å². The number of nitriles is 1. The van der Waals surface area contributed by atoms with Gasteiger partial charge in [-0.25, -0.2) is 0 Å². The minimum atomic E-state index is -0.199. The van der Waals surface area contributed by atoms with Crippen LogP contribution >= 0.6 is 0 Å². The van der Waals surface area contributed by atoms with Gasteiger partial charge in [0.05, 0.1) is 24.7 Å². The molecule has 1 fully saturated rings. The highest BCUT2D eigenvalue weighted by Crippen LogP contribution is 2.41. The van der Waals surface area contributed by atoms with E-state index in [-0.39, 0.29) is 24.4 Å². The minimum absolute atomic E-state index is 0.107. The molecule has 0 radical (unpaired) electrons. The Labute approximate surface area is 131 Å². The van der Waals surface area contributed by atoms with E-state index in [1.165, 1.54) is 0 Å². The fourth-order valence-electron chi connectivity index (χ4n) is 2.86. The summed E-state index contributed by atoms with van der Waals surface area (Å²) in [5.74, 6) is 0. The van der Waals surface area contributed by atoms with Crippen LogP contribution in [0.3, 0.4) is 0 Å². The predicted molar refractivity (Wildman–Crippen MR) is 84.0 cm³/mol. The lowest BCUT2D eigenvalue weighted by atomic mass is 9.95. The predicted octanol–water partition coefficient (Wildman–Crippen LogP) is 4.19. The van der Waals surface area contributed by atoms with Gasteiger partial charge in [0.2, 0.25) is 0 Å². The molecule has 4 atom stereocenters. The van der Waals surface area contributed by atoms with Gasteiger partial charge in [-0.05, 0) is 18.1 Å². The van der Waals surface area contributed by atoms with E-state index in [0.717, 1.165) is 11.1 Å².